The van der Waals surface area contributed by atoms with Gasteiger partial charge in [0.05, 0.1) is 26.6 Å². The van der Waals surface area contributed by atoms with Crippen LogP contribution >= 0.6 is 35.0 Å². The van der Waals surface area contributed by atoms with E-state index in [4.69, 9.17) is 23.2 Å². The number of benzene rings is 4. The third-order valence-electron chi connectivity index (χ3n) is 6.27. The van der Waals surface area contributed by atoms with Crippen LogP contribution in [-0.2, 0) is 22.2 Å². The topological polar surface area (TPSA) is 120 Å². The van der Waals surface area contributed by atoms with Crippen molar-refractivity contribution in [2.45, 2.75) is 28.3 Å². The van der Waals surface area contributed by atoms with E-state index in [2.05, 4.69) is 14.9 Å². The molecule has 0 radical (unpaired) electrons. The highest BCUT2D eigenvalue weighted by molar-refractivity contribution is 7.98. The second-order valence-corrected chi connectivity index (χ2v) is 12.7. The number of aromatic nitrogens is 3. The van der Waals surface area contributed by atoms with Gasteiger partial charge in [-0.2, -0.15) is 0 Å². The van der Waals surface area contributed by atoms with E-state index in [9.17, 15) is 18.5 Å². The van der Waals surface area contributed by atoms with E-state index >= 15 is 0 Å². The monoisotopic (exact) mass is 639 g/mol. The fourth-order valence-electron chi connectivity index (χ4n) is 4.25. The molecular weight excluding hydrogens is 617 g/mol. The van der Waals surface area contributed by atoms with Gasteiger partial charge in [0.1, 0.15) is 0 Å². The predicted molar refractivity (Wildman–Crippen MR) is 164 cm³/mol. The Morgan fingerprint density at radius 1 is 0.881 bits per heavy atom. The number of nitrogens with zero attached hydrogens (tertiary/aromatic N) is 4. The molecule has 1 unspecified atom stereocenters. The lowest BCUT2D eigenvalue weighted by Crippen LogP contribution is -2.32. The van der Waals surface area contributed by atoms with Gasteiger partial charge in [-0.25, -0.2) is 13.1 Å². The van der Waals surface area contributed by atoms with Crippen molar-refractivity contribution in [3.63, 3.8) is 0 Å². The molecule has 214 valence electrons. The minimum atomic E-state index is -4.15. The molecular formula is C29H23Cl2N5O4S2. The molecule has 0 amide bonds. The summed E-state index contributed by atoms with van der Waals surface area (Å²) in [6.07, 6.45) is 0.236. The Morgan fingerprint density at radius 3 is 2.14 bits per heavy atom. The van der Waals surface area contributed by atoms with Gasteiger partial charge in [0.2, 0.25) is 10.0 Å². The number of hydrogen-bond acceptors (Lipinski definition) is 7. The van der Waals surface area contributed by atoms with Gasteiger partial charge >= 0.3 is 0 Å². The first-order chi connectivity index (χ1) is 20.2. The number of non-ortho nitro benzene ring substituents is 1. The number of halogens is 2. The molecule has 4 aromatic carbocycles. The van der Waals surface area contributed by atoms with Crippen molar-refractivity contribution in [1.29, 1.82) is 0 Å². The van der Waals surface area contributed by atoms with Crippen molar-refractivity contribution in [2.75, 3.05) is 0 Å². The van der Waals surface area contributed by atoms with E-state index in [1.54, 1.807) is 22.8 Å². The Bertz CT molecular complexity index is 1800. The Labute approximate surface area is 256 Å². The molecule has 0 bridgehead atoms. The number of rotatable bonds is 11. The highest BCUT2D eigenvalue weighted by Crippen LogP contribution is 2.34. The maximum atomic E-state index is 13.6. The zero-order valence-electron chi connectivity index (χ0n) is 21.8. The summed E-state index contributed by atoms with van der Waals surface area (Å²) in [7, 11) is -4.15. The van der Waals surface area contributed by atoms with Crippen molar-refractivity contribution in [3.8, 4) is 5.69 Å². The third kappa shape index (κ3) is 7.00. The highest BCUT2D eigenvalue weighted by Gasteiger charge is 2.29. The second kappa shape index (κ2) is 13.1. The fraction of sp³-hybridized carbons (Fsp3) is 0.103. The van der Waals surface area contributed by atoms with Crippen LogP contribution in [0, 0.1) is 10.1 Å². The Morgan fingerprint density at radius 2 is 1.52 bits per heavy atom. The second-order valence-electron chi connectivity index (χ2n) is 9.16. The van der Waals surface area contributed by atoms with Crippen LogP contribution in [0.15, 0.2) is 113 Å². The Hall–Kier alpha value is -3.74. The van der Waals surface area contributed by atoms with Crippen LogP contribution in [0.5, 0.6) is 0 Å². The smallest absolute Gasteiger partial charge is 0.269 e. The number of thioether (sulfide) groups is 1. The molecule has 0 saturated carbocycles. The summed E-state index contributed by atoms with van der Waals surface area (Å²) < 4.78 is 31.6. The van der Waals surface area contributed by atoms with Crippen molar-refractivity contribution in [2.24, 2.45) is 0 Å². The predicted octanol–water partition coefficient (Wildman–Crippen LogP) is 7.04. The fourth-order valence-corrected chi connectivity index (χ4v) is 6.84. The number of nitro benzene ring substituents is 1. The van der Waals surface area contributed by atoms with Crippen LogP contribution in [0.3, 0.4) is 0 Å². The lowest BCUT2D eigenvalue weighted by molar-refractivity contribution is -0.384. The van der Waals surface area contributed by atoms with Crippen LogP contribution in [0.2, 0.25) is 10.0 Å². The summed E-state index contributed by atoms with van der Waals surface area (Å²) in [4.78, 5) is 10.4. The average molecular weight is 641 g/mol. The molecule has 0 aliphatic carbocycles. The van der Waals surface area contributed by atoms with Crippen LogP contribution in [0.4, 0.5) is 5.69 Å². The van der Waals surface area contributed by atoms with E-state index in [1.807, 2.05) is 60.7 Å². The number of sulfonamides is 1. The third-order valence-corrected chi connectivity index (χ3v) is 9.29. The normalized spacial score (nSPS) is 12.2. The van der Waals surface area contributed by atoms with E-state index in [-0.39, 0.29) is 17.0 Å². The quantitative estimate of drug-likeness (QED) is 0.0935. The molecule has 1 N–H and O–H groups in total. The number of nitro groups is 1. The molecule has 5 aromatic rings. The molecule has 5 rings (SSSR count). The molecule has 1 atom stereocenters. The van der Waals surface area contributed by atoms with Crippen LogP contribution < -0.4 is 4.72 Å². The molecule has 1 aromatic heterocycles. The minimum Gasteiger partial charge on any atom is -0.271 e. The first kappa shape index (κ1) is 29.7. The highest BCUT2D eigenvalue weighted by atomic mass is 35.5. The maximum Gasteiger partial charge on any atom is 0.269 e. The lowest BCUT2D eigenvalue weighted by atomic mass is 10.1. The van der Waals surface area contributed by atoms with Crippen molar-refractivity contribution >= 4 is 50.7 Å². The molecule has 0 aliphatic heterocycles. The number of nitrogens with one attached hydrogen (secondary N) is 1. The standard InChI is InChI=1S/C29H23Cl2N5O4S2/c30-22-11-16-27(25(31)18-22)35-28(32-33-29(35)41-19-21-9-5-2-6-10-21)26(17-20-7-3-1-4-8-20)34-42(39,40)24-14-12-23(13-15-24)36(37)38/h1-16,18,26,34H,17,19H2. The SMILES string of the molecule is O=[N+]([O-])c1ccc(S(=O)(=O)NC(Cc2ccccc2)c2nnc(SCc3ccccc3)n2-c2ccc(Cl)cc2Cl)cc1. The zero-order chi connectivity index (χ0) is 29.7. The van der Waals surface area contributed by atoms with Gasteiger partial charge in [-0.05, 0) is 47.9 Å². The molecule has 0 saturated heterocycles. The summed E-state index contributed by atoms with van der Waals surface area (Å²) in [6, 6.07) is 28.0. The summed E-state index contributed by atoms with van der Waals surface area (Å²) in [6.45, 7) is 0. The van der Waals surface area contributed by atoms with Gasteiger partial charge < -0.3 is 0 Å². The Balaban J connectivity index is 1.59. The van der Waals surface area contributed by atoms with Crippen LogP contribution in [0.1, 0.15) is 23.0 Å². The van der Waals surface area contributed by atoms with Gasteiger partial charge in [0, 0.05) is 22.9 Å². The van der Waals surface area contributed by atoms with Crippen molar-refractivity contribution in [3.05, 3.63) is 140 Å². The van der Waals surface area contributed by atoms with Gasteiger partial charge in [-0.3, -0.25) is 14.7 Å². The summed E-state index contributed by atoms with van der Waals surface area (Å²) in [5.41, 5.74) is 2.24. The van der Waals surface area contributed by atoms with E-state index in [0.29, 0.717) is 32.5 Å². The summed E-state index contributed by atoms with van der Waals surface area (Å²) >= 11 is 14.3. The lowest BCUT2D eigenvalue weighted by Gasteiger charge is -2.21. The molecule has 9 nitrogen and oxygen atoms in total. The first-order valence-electron chi connectivity index (χ1n) is 12.6. The maximum absolute atomic E-state index is 13.6. The Kier molecular flexibility index (Phi) is 9.24. The van der Waals surface area contributed by atoms with Gasteiger partial charge in [-0.1, -0.05) is 95.6 Å². The van der Waals surface area contributed by atoms with Gasteiger partial charge in [-0.15, -0.1) is 10.2 Å². The van der Waals surface area contributed by atoms with Gasteiger partial charge in [0.25, 0.3) is 5.69 Å². The molecule has 42 heavy (non-hydrogen) atoms. The molecule has 0 fully saturated rings. The van der Waals surface area contributed by atoms with Crippen molar-refractivity contribution in [1.82, 2.24) is 19.5 Å². The van der Waals surface area contributed by atoms with E-state index < -0.39 is 21.0 Å². The molecule has 1 heterocycles. The molecule has 13 heteroatoms. The van der Waals surface area contributed by atoms with Crippen molar-refractivity contribution < 1.29 is 13.3 Å². The van der Waals surface area contributed by atoms with Crippen LogP contribution in [-0.4, -0.2) is 28.1 Å². The van der Waals surface area contributed by atoms with E-state index in [1.165, 1.54) is 23.9 Å². The largest absolute Gasteiger partial charge is 0.271 e. The van der Waals surface area contributed by atoms with Gasteiger partial charge in [0.15, 0.2) is 11.0 Å². The summed E-state index contributed by atoms with van der Waals surface area (Å²) in [5, 5.41) is 21.3. The first-order valence-corrected chi connectivity index (χ1v) is 15.8. The average Bonchev–Trinajstić information content (AvgIpc) is 3.40. The molecule has 0 spiro atoms. The zero-order valence-corrected chi connectivity index (χ0v) is 24.9. The summed E-state index contributed by atoms with van der Waals surface area (Å²) in [5.74, 6) is 0.895. The molecule has 0 aliphatic rings. The van der Waals surface area contributed by atoms with E-state index in [0.717, 1.165) is 23.3 Å². The van der Waals surface area contributed by atoms with Crippen LogP contribution in [0.25, 0.3) is 5.69 Å². The number of hydrogen-bond donors (Lipinski definition) is 1. The minimum absolute atomic E-state index is 0.125.